The first-order valence-corrected chi connectivity index (χ1v) is 2.69. The molecular formula is C2BrIN2O2. The van der Waals surface area contributed by atoms with Crippen LogP contribution in [0.1, 0.15) is 0 Å². The van der Waals surface area contributed by atoms with Gasteiger partial charge in [-0.3, -0.25) is 0 Å². The van der Waals surface area contributed by atoms with Gasteiger partial charge in [-0.25, -0.2) is 0 Å². The molecule has 0 aliphatic rings. The zero-order valence-corrected chi connectivity index (χ0v) is 7.21. The van der Waals surface area contributed by atoms with Crippen LogP contribution in [0.3, 0.4) is 0 Å². The van der Waals surface area contributed by atoms with Gasteiger partial charge in [-0.05, 0) is 0 Å². The van der Waals surface area contributed by atoms with E-state index >= 15 is 0 Å². The van der Waals surface area contributed by atoms with E-state index in [1.54, 1.807) is 0 Å². The zero-order valence-electron chi connectivity index (χ0n) is 3.47. The van der Waals surface area contributed by atoms with Gasteiger partial charge in [0.15, 0.2) is 16.3 Å². The Morgan fingerprint density at radius 1 is 1.38 bits per heavy atom. The molecule has 4 nitrogen and oxygen atoms in total. The second-order valence-electron chi connectivity index (χ2n) is 0.337. The van der Waals surface area contributed by atoms with Crippen LogP contribution in [0.25, 0.3) is 0 Å². The summed E-state index contributed by atoms with van der Waals surface area (Å²) in [5.74, 6) is 0. The molecule has 0 N–H and O–H groups in total. The van der Waals surface area contributed by atoms with Crippen LogP contribution in [0.4, 0.5) is 0 Å². The second-order valence-corrected chi connectivity index (χ2v) is 1.10. The van der Waals surface area contributed by atoms with E-state index in [-0.39, 0.29) is 0 Å². The average Bonchev–Trinajstić information content (AvgIpc) is 1.88. The van der Waals surface area contributed by atoms with Crippen molar-refractivity contribution in [3.8, 4) is 12.5 Å². The molecule has 0 unspecified atom stereocenters. The highest BCUT2D eigenvalue weighted by Gasteiger charge is 1.48. The van der Waals surface area contributed by atoms with Crippen LogP contribution < -0.4 is 0 Å². The maximum absolute atomic E-state index is 7.40. The van der Waals surface area contributed by atoms with Gasteiger partial charge in [0.25, 0.3) is 12.5 Å². The molecule has 0 bridgehead atoms. The second kappa shape index (κ2) is 15.8. The lowest BCUT2D eigenvalue weighted by atomic mass is 11.6. The van der Waals surface area contributed by atoms with Crippen molar-refractivity contribution in [2.24, 2.45) is 0 Å². The van der Waals surface area contributed by atoms with Crippen LogP contribution in [-0.2, 0) is 6.89 Å². The van der Waals surface area contributed by atoms with Crippen molar-refractivity contribution < 1.29 is 6.89 Å². The Bertz CT molecular complexity index is 91.6. The quantitative estimate of drug-likeness (QED) is 0.502. The Kier molecular flexibility index (Phi) is 21.2. The van der Waals surface area contributed by atoms with Gasteiger partial charge >= 0.3 is 0 Å². The molecule has 0 rings (SSSR count). The molecule has 0 aliphatic heterocycles. The Hall–Kier alpha value is -0.210. The minimum atomic E-state index is 1.35. The van der Waals surface area contributed by atoms with Crippen LogP contribution in [-0.4, -0.2) is 0 Å². The molecular weight excluding hydrogens is 291 g/mol. The first kappa shape index (κ1) is 10.7. The van der Waals surface area contributed by atoms with E-state index in [1.807, 2.05) is 0 Å². The van der Waals surface area contributed by atoms with E-state index in [0.29, 0.717) is 0 Å². The molecule has 0 amide bonds. The van der Waals surface area contributed by atoms with Crippen molar-refractivity contribution in [2.75, 3.05) is 0 Å². The van der Waals surface area contributed by atoms with E-state index in [9.17, 15) is 0 Å². The summed E-state index contributed by atoms with van der Waals surface area (Å²) in [4.78, 5) is 0. The van der Waals surface area contributed by atoms with Crippen molar-refractivity contribution in [2.45, 2.75) is 0 Å². The number of nitrogens with zero attached hydrogens (tertiary/aromatic N) is 2. The first-order chi connectivity index (χ1) is 3.83. The lowest BCUT2D eigenvalue weighted by Gasteiger charge is -1.55. The van der Waals surface area contributed by atoms with Gasteiger partial charge in [0, 0.05) is 0 Å². The average molecular weight is 291 g/mol. The number of rotatable bonds is 0. The summed E-state index contributed by atoms with van der Waals surface area (Å²) in [6.45, 7) is 0. The number of hydrogen-bond donors (Lipinski definition) is 0. The summed E-state index contributed by atoms with van der Waals surface area (Å²) in [5, 5.41) is 14.8. The minimum Gasteiger partial charge on any atom is -0.357 e. The third kappa shape index (κ3) is 41.5. The summed E-state index contributed by atoms with van der Waals surface area (Å²) < 4.78 is 7.48. The first-order valence-electron chi connectivity index (χ1n) is 1.16. The smallest absolute Gasteiger partial charge is 0.298 e. The summed E-state index contributed by atoms with van der Waals surface area (Å²) in [6.07, 6.45) is 2.76. The molecule has 0 heterocycles. The van der Waals surface area contributed by atoms with E-state index in [0.717, 1.165) is 0 Å². The zero-order chi connectivity index (χ0) is 6.83. The van der Waals surface area contributed by atoms with Crippen molar-refractivity contribution in [3.63, 3.8) is 0 Å². The highest BCUT2D eigenvalue weighted by Crippen LogP contribution is 1.74. The summed E-state index contributed by atoms with van der Waals surface area (Å²) in [6, 6.07) is 0. The van der Waals surface area contributed by atoms with Crippen molar-refractivity contribution in [1.82, 2.24) is 0 Å². The molecule has 0 aromatic rings. The van der Waals surface area contributed by atoms with Gasteiger partial charge in [-0.2, -0.15) is 0 Å². The highest BCUT2D eigenvalue weighted by molar-refractivity contribution is 14.1. The molecule has 0 aliphatic carbocycles. The van der Waals surface area contributed by atoms with Crippen LogP contribution >= 0.6 is 39.3 Å². The van der Waals surface area contributed by atoms with Crippen LogP contribution in [0.5, 0.6) is 0 Å². The molecule has 44 valence electrons. The lowest BCUT2D eigenvalue weighted by molar-refractivity contribution is 0.627. The maximum atomic E-state index is 7.40. The molecule has 0 aromatic heterocycles. The Balaban J connectivity index is 0. The summed E-state index contributed by atoms with van der Waals surface area (Å²) >= 11 is 3.88. The van der Waals surface area contributed by atoms with Crippen molar-refractivity contribution >= 4 is 39.3 Å². The van der Waals surface area contributed by atoms with E-state index in [2.05, 4.69) is 23.2 Å². The predicted molar refractivity (Wildman–Crippen MR) is 36.3 cm³/mol. The Labute approximate surface area is 69.1 Å². The molecule has 6 heteroatoms. The molecule has 0 radical (unpaired) electrons. The molecule has 0 aromatic carbocycles. The number of hydrogen-bond acceptors (Lipinski definition) is 4. The fraction of sp³-hybridized carbons (Fsp3) is 0. The predicted octanol–water partition coefficient (Wildman–Crippen LogP) is 1.63. The normalized spacial score (nSPS) is 4.00. The van der Waals surface area contributed by atoms with Gasteiger partial charge in [0.2, 0.25) is 23.0 Å². The van der Waals surface area contributed by atoms with E-state index < -0.39 is 0 Å². The van der Waals surface area contributed by atoms with Crippen LogP contribution in [0.15, 0.2) is 0 Å². The minimum absolute atomic E-state index is 1.35. The third-order valence-electron chi connectivity index (χ3n) is 0.0690. The molecule has 0 spiro atoms. The molecule has 0 saturated heterocycles. The largest absolute Gasteiger partial charge is 0.357 e. The highest BCUT2D eigenvalue weighted by atomic mass is 127. The van der Waals surface area contributed by atoms with Gasteiger partial charge in [0.05, 0.1) is 0 Å². The van der Waals surface area contributed by atoms with Crippen molar-refractivity contribution in [3.05, 3.63) is 0 Å². The standard InChI is InChI=1S/CBrNO.CINO/c2*2-4-1-3. The fourth-order valence-corrected chi connectivity index (χ4v) is 0. The monoisotopic (exact) mass is 290 g/mol. The van der Waals surface area contributed by atoms with E-state index in [4.69, 9.17) is 10.5 Å². The lowest BCUT2D eigenvalue weighted by Crippen LogP contribution is -1.39. The SMILES string of the molecule is N#COBr.N#COI. The van der Waals surface area contributed by atoms with Gasteiger partial charge in [-0.1, -0.05) is 0 Å². The number of halogens is 2. The topological polar surface area (TPSA) is 66.0 Å². The molecule has 0 atom stereocenters. The van der Waals surface area contributed by atoms with Crippen molar-refractivity contribution in [1.29, 1.82) is 10.5 Å². The maximum Gasteiger partial charge on any atom is 0.298 e. The van der Waals surface area contributed by atoms with Gasteiger partial charge in [0.1, 0.15) is 0 Å². The Morgan fingerprint density at radius 3 is 1.62 bits per heavy atom. The number of nitriles is 2. The van der Waals surface area contributed by atoms with Gasteiger partial charge in [-0.15, -0.1) is 10.5 Å². The fourth-order valence-electron chi connectivity index (χ4n) is 0. The van der Waals surface area contributed by atoms with Crippen LogP contribution in [0, 0.1) is 23.0 Å². The van der Waals surface area contributed by atoms with E-state index in [1.165, 1.54) is 35.5 Å². The third-order valence-corrected chi connectivity index (χ3v) is 0.411. The molecule has 8 heavy (non-hydrogen) atoms. The summed E-state index contributed by atoms with van der Waals surface area (Å²) in [7, 11) is 0. The van der Waals surface area contributed by atoms with Gasteiger partial charge < -0.3 is 6.89 Å². The molecule has 0 saturated carbocycles. The Morgan fingerprint density at radius 2 is 1.62 bits per heavy atom. The molecule has 0 fully saturated rings. The van der Waals surface area contributed by atoms with Crippen LogP contribution in [0.2, 0.25) is 0 Å². The summed E-state index contributed by atoms with van der Waals surface area (Å²) in [5.41, 5.74) is 0.